The van der Waals surface area contributed by atoms with Crippen LogP contribution < -0.4 is 4.74 Å². The number of ether oxygens (including phenoxy) is 1. The van der Waals surface area contributed by atoms with Crippen LogP contribution in [0, 0.1) is 5.92 Å². The van der Waals surface area contributed by atoms with Crippen molar-refractivity contribution in [2.45, 2.75) is 84.7 Å². The average molecular weight is 357 g/mol. The summed E-state index contributed by atoms with van der Waals surface area (Å²) in [6, 6.07) is 3.93. The Hall–Kier alpha value is -1.77. The molecular weight excluding hydrogens is 324 g/mol. The fourth-order valence-electron chi connectivity index (χ4n) is 4.66. The second-order valence-corrected chi connectivity index (χ2v) is 8.62. The van der Waals surface area contributed by atoms with Gasteiger partial charge in [-0.1, -0.05) is 18.9 Å². The number of hydrogen-bond acceptors (Lipinski definition) is 3. The lowest BCUT2D eigenvalue weighted by Gasteiger charge is -2.47. The zero-order chi connectivity index (χ0) is 19.1. The summed E-state index contributed by atoms with van der Waals surface area (Å²) in [4.78, 5) is 12.1. The van der Waals surface area contributed by atoms with Gasteiger partial charge in [0.25, 0.3) is 0 Å². The van der Waals surface area contributed by atoms with Crippen molar-refractivity contribution in [3.8, 4) is 11.5 Å². The Labute approximate surface area is 157 Å². The Morgan fingerprint density at radius 1 is 1.31 bits per heavy atom. The van der Waals surface area contributed by atoms with Gasteiger partial charge in [0, 0.05) is 30.2 Å². The highest BCUT2D eigenvalue weighted by molar-refractivity contribution is 5.81. The monoisotopic (exact) mass is 356 g/mol. The molecule has 1 aromatic rings. The van der Waals surface area contributed by atoms with Gasteiger partial charge in [-0.15, -0.1) is 0 Å². The van der Waals surface area contributed by atoms with Crippen LogP contribution in [0.4, 0.5) is 0 Å². The molecule has 1 saturated carbocycles. The van der Waals surface area contributed by atoms with Crippen LogP contribution in [-0.2, 0) is 4.79 Å². The minimum Gasteiger partial charge on any atom is -0.507 e. The molecule has 2 atom stereocenters. The van der Waals surface area contributed by atoms with Crippen molar-refractivity contribution in [2.75, 3.05) is 0 Å². The second kappa shape index (κ2) is 7.09. The molecule has 0 amide bonds. The summed E-state index contributed by atoms with van der Waals surface area (Å²) in [7, 11) is 0. The molecule has 1 aromatic carbocycles. The molecule has 0 spiro atoms. The third-order valence-corrected chi connectivity index (χ3v) is 6.40. The maximum Gasteiger partial charge on any atom is 0.133 e. The predicted molar refractivity (Wildman–Crippen MR) is 106 cm³/mol. The molecule has 3 rings (SSSR count). The Kier molecular flexibility index (Phi) is 5.18. The van der Waals surface area contributed by atoms with Crippen molar-refractivity contribution in [3.63, 3.8) is 0 Å². The number of benzene rings is 1. The number of phenolic OH excluding ortho intramolecular Hbond substituents is 1. The molecule has 26 heavy (non-hydrogen) atoms. The minimum atomic E-state index is -0.321. The smallest absolute Gasteiger partial charge is 0.133 e. The first kappa shape index (κ1) is 19.0. The lowest BCUT2D eigenvalue weighted by atomic mass is 9.66. The van der Waals surface area contributed by atoms with Crippen molar-refractivity contribution >= 4 is 11.4 Å². The van der Waals surface area contributed by atoms with Gasteiger partial charge in [0.1, 0.15) is 22.9 Å². The molecule has 1 fully saturated rings. The van der Waals surface area contributed by atoms with Crippen molar-refractivity contribution in [1.29, 1.82) is 0 Å². The van der Waals surface area contributed by atoms with E-state index in [0.29, 0.717) is 18.6 Å². The van der Waals surface area contributed by atoms with E-state index in [4.69, 9.17) is 4.74 Å². The third kappa shape index (κ3) is 3.41. The highest BCUT2D eigenvalue weighted by Gasteiger charge is 2.47. The number of unbranched alkanes of at least 4 members (excludes halogenated alkanes) is 1. The first-order chi connectivity index (χ1) is 12.2. The van der Waals surface area contributed by atoms with Gasteiger partial charge < -0.3 is 9.84 Å². The van der Waals surface area contributed by atoms with Gasteiger partial charge >= 0.3 is 0 Å². The van der Waals surface area contributed by atoms with E-state index in [0.717, 1.165) is 29.7 Å². The Bertz CT molecular complexity index is 742. The van der Waals surface area contributed by atoms with E-state index >= 15 is 0 Å². The summed E-state index contributed by atoms with van der Waals surface area (Å²) in [5, 5.41) is 10.8. The van der Waals surface area contributed by atoms with Gasteiger partial charge in [-0.25, -0.2) is 0 Å². The number of phenols is 1. The van der Waals surface area contributed by atoms with Gasteiger partial charge in [0.15, 0.2) is 0 Å². The molecule has 1 heterocycles. The normalized spacial score (nSPS) is 25.0. The predicted octanol–water partition coefficient (Wildman–Crippen LogP) is 6.00. The van der Waals surface area contributed by atoms with Crippen molar-refractivity contribution in [3.05, 3.63) is 28.8 Å². The van der Waals surface area contributed by atoms with E-state index in [1.165, 1.54) is 24.0 Å². The molecule has 2 aliphatic rings. The summed E-state index contributed by atoms with van der Waals surface area (Å²) in [5.74, 6) is 1.66. The molecule has 1 aliphatic carbocycles. The lowest BCUT2D eigenvalue weighted by molar-refractivity contribution is -0.124. The Morgan fingerprint density at radius 3 is 2.73 bits per heavy atom. The van der Waals surface area contributed by atoms with E-state index in [9.17, 15) is 9.90 Å². The minimum absolute atomic E-state index is 0.0644. The average Bonchev–Trinajstić information content (AvgIpc) is 2.57. The molecular formula is C23H32O3. The standard InChI is InChI=1S/C23H32O3/c1-6-7-8-14(2)15(3)16-11-20(25)22-18-13-17(24)9-10-19(18)23(4,5)26-21(22)12-16/h11-12,18-19,25H,6-10,13H2,1-5H3/b15-14+. The topological polar surface area (TPSA) is 46.5 Å². The SMILES string of the molecule is CCCC/C(C)=C(\C)c1cc(O)c2c(c1)OC(C)(C)C1CCC(=O)CC21. The fourth-order valence-corrected chi connectivity index (χ4v) is 4.66. The van der Waals surface area contributed by atoms with E-state index in [1.54, 1.807) is 0 Å². The number of carbonyl (C=O) groups excluding carboxylic acids is 1. The van der Waals surface area contributed by atoms with Crippen LogP contribution in [0.2, 0.25) is 0 Å². The van der Waals surface area contributed by atoms with Crippen LogP contribution in [0.5, 0.6) is 11.5 Å². The van der Waals surface area contributed by atoms with E-state index in [1.807, 2.05) is 6.07 Å². The van der Waals surface area contributed by atoms with Crippen molar-refractivity contribution in [1.82, 2.24) is 0 Å². The number of hydrogen-bond donors (Lipinski definition) is 1. The van der Waals surface area contributed by atoms with Crippen LogP contribution in [0.25, 0.3) is 5.57 Å². The summed E-state index contributed by atoms with van der Waals surface area (Å²) in [6.45, 7) is 10.7. The number of fused-ring (bicyclic) bond motifs is 3. The van der Waals surface area contributed by atoms with Crippen molar-refractivity contribution in [2.24, 2.45) is 5.92 Å². The first-order valence-electron chi connectivity index (χ1n) is 9.99. The van der Waals surface area contributed by atoms with Crippen molar-refractivity contribution < 1.29 is 14.6 Å². The summed E-state index contributed by atoms with van der Waals surface area (Å²) < 4.78 is 6.36. The number of aromatic hydroxyl groups is 1. The summed E-state index contributed by atoms with van der Waals surface area (Å²) in [5.41, 5.74) is 4.10. The van der Waals surface area contributed by atoms with Gasteiger partial charge in [0.2, 0.25) is 0 Å². The van der Waals surface area contributed by atoms with Crippen LogP contribution in [0.3, 0.4) is 0 Å². The first-order valence-corrected chi connectivity index (χ1v) is 9.99. The molecule has 3 heteroatoms. The molecule has 1 aliphatic heterocycles. The van der Waals surface area contributed by atoms with Gasteiger partial charge in [-0.3, -0.25) is 4.79 Å². The van der Waals surface area contributed by atoms with E-state index < -0.39 is 0 Å². The highest BCUT2D eigenvalue weighted by Crippen LogP contribution is 2.54. The lowest BCUT2D eigenvalue weighted by Crippen LogP contribution is -2.47. The largest absolute Gasteiger partial charge is 0.507 e. The fraction of sp³-hybridized carbons (Fsp3) is 0.609. The molecule has 1 N–H and O–H groups in total. The second-order valence-electron chi connectivity index (χ2n) is 8.62. The molecule has 142 valence electrons. The zero-order valence-corrected chi connectivity index (χ0v) is 16.8. The van der Waals surface area contributed by atoms with Crippen LogP contribution in [0.15, 0.2) is 17.7 Å². The van der Waals surface area contributed by atoms with E-state index in [-0.39, 0.29) is 23.2 Å². The number of allylic oxidation sites excluding steroid dienone is 2. The van der Waals surface area contributed by atoms with Gasteiger partial charge in [0.05, 0.1) is 0 Å². The number of carbonyl (C=O) groups is 1. The van der Waals surface area contributed by atoms with Crippen LogP contribution in [0.1, 0.15) is 90.2 Å². The third-order valence-electron chi connectivity index (χ3n) is 6.40. The molecule has 0 bridgehead atoms. The Morgan fingerprint density at radius 2 is 2.04 bits per heavy atom. The molecule has 3 nitrogen and oxygen atoms in total. The summed E-state index contributed by atoms with van der Waals surface area (Å²) in [6.07, 6.45) is 5.41. The zero-order valence-electron chi connectivity index (χ0n) is 16.8. The summed E-state index contributed by atoms with van der Waals surface area (Å²) >= 11 is 0. The maximum atomic E-state index is 12.1. The van der Waals surface area contributed by atoms with Crippen LogP contribution in [-0.4, -0.2) is 16.5 Å². The van der Waals surface area contributed by atoms with E-state index in [2.05, 4.69) is 40.7 Å². The number of ketones is 1. The van der Waals surface area contributed by atoms with Gasteiger partial charge in [-0.05, 0) is 70.2 Å². The highest BCUT2D eigenvalue weighted by atomic mass is 16.5. The molecule has 0 saturated heterocycles. The van der Waals surface area contributed by atoms with Gasteiger partial charge in [-0.2, -0.15) is 0 Å². The Balaban J connectivity index is 2.04. The van der Waals surface area contributed by atoms with Crippen LogP contribution >= 0.6 is 0 Å². The molecule has 0 aromatic heterocycles. The maximum absolute atomic E-state index is 12.1. The number of rotatable bonds is 4. The molecule has 2 unspecified atom stereocenters. The number of Topliss-reactive ketones (excluding diaryl/α,β-unsaturated/α-hetero) is 1. The molecule has 0 radical (unpaired) electrons. The quantitative estimate of drug-likeness (QED) is 0.719.